The molecule has 11 heteroatoms. The van der Waals surface area contributed by atoms with Gasteiger partial charge in [0.25, 0.3) is 5.91 Å². The van der Waals surface area contributed by atoms with Gasteiger partial charge in [0, 0.05) is 43.0 Å². The van der Waals surface area contributed by atoms with E-state index >= 15 is 0 Å². The van der Waals surface area contributed by atoms with E-state index in [-0.39, 0.29) is 17.3 Å². The fourth-order valence-corrected chi connectivity index (χ4v) is 5.50. The Morgan fingerprint density at radius 3 is 2.74 bits per heavy atom. The van der Waals surface area contributed by atoms with Gasteiger partial charge in [-0.1, -0.05) is 26.0 Å². The summed E-state index contributed by atoms with van der Waals surface area (Å²) in [6.07, 6.45) is 4.11. The second kappa shape index (κ2) is 12.4. The largest absolute Gasteiger partial charge is 0.348 e. The van der Waals surface area contributed by atoms with E-state index < -0.39 is 9.73 Å². The molecular weight excluding hydrogens is 512 g/mol. The zero-order valence-electron chi connectivity index (χ0n) is 23.0. The predicted molar refractivity (Wildman–Crippen MR) is 158 cm³/mol. The number of anilines is 4. The molecule has 0 aliphatic carbocycles. The van der Waals surface area contributed by atoms with Crippen LogP contribution in [-0.2, 0) is 22.7 Å². The summed E-state index contributed by atoms with van der Waals surface area (Å²) in [5, 5.41) is 9.20. The maximum atomic E-state index is 12.9. The number of hydrogen-bond donors (Lipinski definition) is 3. The first-order chi connectivity index (χ1) is 18.7. The molecule has 0 fully saturated rings. The molecule has 3 N–H and O–H groups in total. The molecule has 3 aromatic rings. The van der Waals surface area contributed by atoms with Gasteiger partial charge in [0.05, 0.1) is 9.73 Å². The Kier molecular flexibility index (Phi) is 8.93. The lowest BCUT2D eigenvalue weighted by atomic mass is 9.94. The Balaban J connectivity index is 1.67. The molecule has 0 radical (unpaired) electrons. The molecule has 0 spiro atoms. The first-order valence-corrected chi connectivity index (χ1v) is 14.9. The normalized spacial score (nSPS) is 13.3. The van der Waals surface area contributed by atoms with E-state index in [1.807, 2.05) is 13.8 Å². The molecule has 3 heterocycles. The van der Waals surface area contributed by atoms with Crippen molar-refractivity contribution in [3.63, 3.8) is 0 Å². The highest BCUT2D eigenvalue weighted by Crippen LogP contribution is 2.28. The summed E-state index contributed by atoms with van der Waals surface area (Å²) in [5.41, 5.74) is 5.03. The molecule has 2 aromatic heterocycles. The van der Waals surface area contributed by atoms with Crippen molar-refractivity contribution >= 4 is 44.7 Å². The lowest BCUT2D eigenvalue weighted by molar-refractivity contribution is 0.0958. The van der Waals surface area contributed by atoms with Crippen LogP contribution in [0.15, 0.2) is 53.5 Å². The first-order valence-electron chi connectivity index (χ1n) is 13.0. The van der Waals surface area contributed by atoms with Crippen LogP contribution in [-0.4, -0.2) is 61.6 Å². The molecule has 0 atom stereocenters. The Hall–Kier alpha value is -3.83. The van der Waals surface area contributed by atoms with Gasteiger partial charge in [-0.25, -0.2) is 14.2 Å². The summed E-state index contributed by atoms with van der Waals surface area (Å²) in [7, 11) is -0.252. The van der Waals surface area contributed by atoms with Crippen molar-refractivity contribution in [3.05, 3.63) is 71.4 Å². The molecule has 1 amide bonds. The number of nitrogens with zero attached hydrogens (tertiary/aromatic N) is 5. The quantitative estimate of drug-likeness (QED) is 0.311. The number of benzene rings is 1. The van der Waals surface area contributed by atoms with Crippen molar-refractivity contribution in [2.75, 3.05) is 42.3 Å². The summed E-state index contributed by atoms with van der Waals surface area (Å²) in [4.78, 5) is 28.7. The van der Waals surface area contributed by atoms with Crippen LogP contribution in [0.3, 0.4) is 0 Å². The van der Waals surface area contributed by atoms with Gasteiger partial charge >= 0.3 is 0 Å². The van der Waals surface area contributed by atoms with Gasteiger partial charge in [0.15, 0.2) is 5.82 Å². The zero-order valence-corrected chi connectivity index (χ0v) is 23.8. The van der Waals surface area contributed by atoms with Crippen LogP contribution in [0.25, 0.3) is 0 Å². The molecule has 0 unspecified atom stereocenters. The SMILES string of the molecule is C=CCNC(=O)c1cnc(Nc2cc(C)c3c(c2)CN(C)CC3)nc1Nc1cccc(N=S(=O)(CC)CC)n1. The second-order valence-corrected chi connectivity index (χ2v) is 12.3. The molecular formula is C28H36N8O2S. The third-order valence-electron chi connectivity index (χ3n) is 6.59. The minimum Gasteiger partial charge on any atom is -0.348 e. The van der Waals surface area contributed by atoms with Crippen LogP contribution >= 0.6 is 0 Å². The van der Waals surface area contributed by atoms with Crippen molar-refractivity contribution in [3.8, 4) is 0 Å². The number of aromatic nitrogens is 3. The number of hydrogen-bond acceptors (Lipinski definition) is 9. The molecule has 1 aromatic carbocycles. The van der Waals surface area contributed by atoms with Gasteiger partial charge in [0.1, 0.15) is 17.2 Å². The predicted octanol–water partition coefficient (Wildman–Crippen LogP) is 4.71. The Morgan fingerprint density at radius 1 is 1.21 bits per heavy atom. The van der Waals surface area contributed by atoms with Gasteiger partial charge in [-0.2, -0.15) is 9.35 Å². The van der Waals surface area contributed by atoms with Crippen LogP contribution < -0.4 is 16.0 Å². The maximum Gasteiger partial charge on any atom is 0.256 e. The molecule has 0 bridgehead atoms. The fourth-order valence-electron chi connectivity index (χ4n) is 4.40. The summed E-state index contributed by atoms with van der Waals surface area (Å²) >= 11 is 0. The number of nitrogens with one attached hydrogen (secondary N) is 3. The fraction of sp³-hybridized carbons (Fsp3) is 0.357. The first kappa shape index (κ1) is 28.2. The molecule has 4 rings (SSSR count). The number of rotatable bonds is 10. The zero-order chi connectivity index (χ0) is 28.0. The molecule has 39 heavy (non-hydrogen) atoms. The topological polar surface area (TPSA) is 125 Å². The van der Waals surface area contributed by atoms with Crippen molar-refractivity contribution in [2.45, 2.75) is 33.7 Å². The molecule has 0 saturated carbocycles. The number of amides is 1. The summed E-state index contributed by atoms with van der Waals surface area (Å²) in [5.74, 6) is 1.92. The average molecular weight is 549 g/mol. The van der Waals surface area contributed by atoms with Gasteiger partial charge < -0.3 is 20.9 Å². The van der Waals surface area contributed by atoms with Crippen LogP contribution in [0.2, 0.25) is 0 Å². The van der Waals surface area contributed by atoms with Gasteiger partial charge in [-0.3, -0.25) is 4.79 Å². The molecule has 1 aliphatic heterocycles. The van der Waals surface area contributed by atoms with E-state index in [1.165, 1.54) is 22.9 Å². The van der Waals surface area contributed by atoms with E-state index in [2.05, 4.69) is 72.8 Å². The van der Waals surface area contributed by atoms with Crippen molar-refractivity contribution in [2.24, 2.45) is 4.36 Å². The lowest BCUT2D eigenvalue weighted by Gasteiger charge is -2.27. The van der Waals surface area contributed by atoms with Gasteiger partial charge in [-0.15, -0.1) is 6.58 Å². The summed E-state index contributed by atoms with van der Waals surface area (Å²) in [6.45, 7) is 11.7. The summed E-state index contributed by atoms with van der Waals surface area (Å²) in [6, 6.07) is 9.44. The van der Waals surface area contributed by atoms with E-state index in [9.17, 15) is 9.00 Å². The molecule has 10 nitrogen and oxygen atoms in total. The number of pyridine rings is 1. The number of carbonyl (C=O) groups is 1. The van der Waals surface area contributed by atoms with E-state index in [4.69, 9.17) is 0 Å². The molecule has 206 valence electrons. The Bertz CT molecular complexity index is 1490. The highest BCUT2D eigenvalue weighted by molar-refractivity contribution is 7.93. The highest BCUT2D eigenvalue weighted by Gasteiger charge is 2.18. The minimum absolute atomic E-state index is 0.251. The Morgan fingerprint density at radius 2 is 2.00 bits per heavy atom. The van der Waals surface area contributed by atoms with Crippen molar-refractivity contribution in [1.29, 1.82) is 0 Å². The molecule has 0 saturated heterocycles. The second-order valence-electron chi connectivity index (χ2n) is 9.45. The van der Waals surface area contributed by atoms with E-state index in [0.717, 1.165) is 25.2 Å². The summed E-state index contributed by atoms with van der Waals surface area (Å²) < 4.78 is 17.2. The maximum absolute atomic E-state index is 12.9. The Labute approximate surface area is 230 Å². The lowest BCUT2D eigenvalue weighted by Crippen LogP contribution is -2.27. The van der Waals surface area contributed by atoms with E-state index in [0.29, 0.717) is 35.6 Å². The number of fused-ring (bicyclic) bond motifs is 1. The third kappa shape index (κ3) is 6.98. The average Bonchev–Trinajstić information content (AvgIpc) is 2.91. The van der Waals surface area contributed by atoms with Gasteiger partial charge in [0.2, 0.25) is 5.95 Å². The van der Waals surface area contributed by atoms with Crippen LogP contribution in [0.1, 0.15) is 40.9 Å². The third-order valence-corrected chi connectivity index (χ3v) is 8.91. The monoisotopic (exact) mass is 548 g/mol. The number of aryl methyl sites for hydroxylation is 1. The highest BCUT2D eigenvalue weighted by atomic mass is 32.2. The standard InChI is InChI=1S/C28H36N8O2S/c1-6-13-29-27(37)23-17-30-28(31-21-15-19(4)22-12-14-36(5)18-20(22)16-21)34-26(23)33-24-10-9-11-25(32-24)35-39(38,7-2)8-3/h6,9-11,15-17H,1,7-8,12-14,18H2,2-5H3,(H,29,37)(H2,30,31,32,33,34). The van der Waals surface area contributed by atoms with Crippen LogP contribution in [0.4, 0.5) is 29.1 Å². The van der Waals surface area contributed by atoms with E-state index in [1.54, 1.807) is 24.3 Å². The van der Waals surface area contributed by atoms with Crippen LogP contribution in [0, 0.1) is 6.92 Å². The smallest absolute Gasteiger partial charge is 0.256 e. The van der Waals surface area contributed by atoms with Crippen molar-refractivity contribution in [1.82, 2.24) is 25.2 Å². The minimum atomic E-state index is -2.37. The molecule has 1 aliphatic rings. The van der Waals surface area contributed by atoms with Crippen molar-refractivity contribution < 1.29 is 9.00 Å². The van der Waals surface area contributed by atoms with Crippen LogP contribution in [0.5, 0.6) is 0 Å². The number of likely N-dealkylation sites (N-methyl/N-ethyl adjacent to an activating group) is 1. The number of carbonyl (C=O) groups excluding carboxylic acids is 1. The van der Waals surface area contributed by atoms with Gasteiger partial charge in [-0.05, 0) is 61.3 Å².